The summed E-state index contributed by atoms with van der Waals surface area (Å²) in [6.45, 7) is 0. The first-order valence-corrected chi connectivity index (χ1v) is 7.04. The summed E-state index contributed by atoms with van der Waals surface area (Å²) in [6, 6.07) is 16.7. The minimum absolute atomic E-state index is 0.632. The Hall–Kier alpha value is -1.90. The summed E-state index contributed by atoms with van der Waals surface area (Å²) in [4.78, 5) is 0. The molecule has 0 spiro atoms. The minimum atomic E-state index is -0.774. The lowest BCUT2D eigenvalue weighted by Crippen LogP contribution is -2.25. The van der Waals surface area contributed by atoms with Gasteiger partial charge in [-0.15, -0.1) is 0 Å². The zero-order valence-corrected chi connectivity index (χ0v) is 11.1. The van der Waals surface area contributed by atoms with E-state index in [1.54, 1.807) is 0 Å². The van der Waals surface area contributed by atoms with Crippen LogP contribution in [0.5, 0.6) is 0 Å². The second-order valence-electron chi connectivity index (χ2n) is 5.61. The van der Waals surface area contributed by atoms with Crippen LogP contribution in [0.2, 0.25) is 0 Å². The standard InChI is InChI=1S/C18H16O2/c19-16-8-7-11-5-6-14-9-12-3-1-2-4-13(12)10-15(14)17(11)18(16)20/h1-6,9-10,16,18-20H,7-8H2/t16-,18+/m1/s1. The highest BCUT2D eigenvalue weighted by Crippen LogP contribution is 2.37. The van der Waals surface area contributed by atoms with Gasteiger partial charge in [0.2, 0.25) is 0 Å². The summed E-state index contributed by atoms with van der Waals surface area (Å²) in [6.07, 6.45) is 0.0343. The fourth-order valence-corrected chi connectivity index (χ4v) is 3.30. The van der Waals surface area contributed by atoms with E-state index in [4.69, 9.17) is 0 Å². The van der Waals surface area contributed by atoms with Crippen molar-refractivity contribution in [2.24, 2.45) is 0 Å². The van der Waals surface area contributed by atoms with Crippen molar-refractivity contribution in [1.29, 1.82) is 0 Å². The molecule has 2 heteroatoms. The summed E-state index contributed by atoms with van der Waals surface area (Å²) >= 11 is 0. The van der Waals surface area contributed by atoms with Crippen LogP contribution in [-0.4, -0.2) is 16.3 Å². The van der Waals surface area contributed by atoms with E-state index < -0.39 is 12.2 Å². The van der Waals surface area contributed by atoms with E-state index in [-0.39, 0.29) is 0 Å². The van der Waals surface area contributed by atoms with E-state index in [0.717, 1.165) is 28.3 Å². The Balaban J connectivity index is 2.09. The second kappa shape index (κ2) is 4.30. The molecule has 2 N–H and O–H groups in total. The lowest BCUT2D eigenvalue weighted by atomic mass is 9.83. The molecule has 0 fully saturated rings. The molecular formula is C18H16O2. The van der Waals surface area contributed by atoms with Gasteiger partial charge in [-0.25, -0.2) is 0 Å². The van der Waals surface area contributed by atoms with Gasteiger partial charge in [-0.05, 0) is 57.6 Å². The van der Waals surface area contributed by atoms with Crippen LogP contribution in [0.3, 0.4) is 0 Å². The minimum Gasteiger partial charge on any atom is -0.390 e. The number of hydrogen-bond acceptors (Lipinski definition) is 2. The number of aliphatic hydroxyl groups excluding tert-OH is 2. The molecule has 2 atom stereocenters. The molecule has 1 aliphatic rings. The maximum absolute atomic E-state index is 10.3. The number of rotatable bonds is 0. The number of aliphatic hydroxyl groups is 2. The van der Waals surface area contributed by atoms with Crippen molar-refractivity contribution < 1.29 is 10.2 Å². The van der Waals surface area contributed by atoms with E-state index >= 15 is 0 Å². The molecule has 0 heterocycles. The van der Waals surface area contributed by atoms with Gasteiger partial charge < -0.3 is 10.2 Å². The third kappa shape index (κ3) is 1.65. The molecule has 0 unspecified atom stereocenters. The molecule has 0 bridgehead atoms. The number of aryl methyl sites for hydroxylation is 1. The van der Waals surface area contributed by atoms with Gasteiger partial charge in [0.1, 0.15) is 6.10 Å². The summed E-state index contributed by atoms with van der Waals surface area (Å²) < 4.78 is 0. The highest BCUT2D eigenvalue weighted by atomic mass is 16.3. The normalized spacial score (nSPS) is 22.1. The predicted octanol–water partition coefficient (Wildman–Crippen LogP) is 3.33. The van der Waals surface area contributed by atoms with Crippen molar-refractivity contribution in [2.75, 3.05) is 0 Å². The fourth-order valence-electron chi connectivity index (χ4n) is 3.30. The molecule has 100 valence electrons. The van der Waals surface area contributed by atoms with Crippen LogP contribution in [0, 0.1) is 0 Å². The van der Waals surface area contributed by atoms with Crippen LogP contribution < -0.4 is 0 Å². The number of fused-ring (bicyclic) bond motifs is 4. The molecule has 2 nitrogen and oxygen atoms in total. The fraction of sp³-hybridized carbons (Fsp3) is 0.222. The predicted molar refractivity (Wildman–Crippen MR) is 80.7 cm³/mol. The second-order valence-corrected chi connectivity index (χ2v) is 5.61. The van der Waals surface area contributed by atoms with Crippen molar-refractivity contribution >= 4 is 21.5 Å². The van der Waals surface area contributed by atoms with Crippen LogP contribution in [0.25, 0.3) is 21.5 Å². The molecule has 4 rings (SSSR count). The summed E-state index contributed by atoms with van der Waals surface area (Å²) in [5.41, 5.74) is 2.07. The van der Waals surface area contributed by atoms with E-state index in [0.29, 0.717) is 6.42 Å². The third-order valence-electron chi connectivity index (χ3n) is 4.39. The van der Waals surface area contributed by atoms with E-state index in [1.165, 1.54) is 10.8 Å². The number of benzene rings is 3. The van der Waals surface area contributed by atoms with Gasteiger partial charge in [0.25, 0.3) is 0 Å². The third-order valence-corrected chi connectivity index (χ3v) is 4.39. The molecule has 0 saturated heterocycles. The topological polar surface area (TPSA) is 40.5 Å². The molecule has 0 saturated carbocycles. The van der Waals surface area contributed by atoms with Gasteiger partial charge in [0.15, 0.2) is 0 Å². The van der Waals surface area contributed by atoms with Crippen LogP contribution in [0.4, 0.5) is 0 Å². The molecule has 0 aliphatic heterocycles. The average Bonchev–Trinajstić information content (AvgIpc) is 2.48. The Labute approximate surface area is 117 Å². The van der Waals surface area contributed by atoms with Crippen LogP contribution in [-0.2, 0) is 6.42 Å². The molecular weight excluding hydrogens is 248 g/mol. The maximum atomic E-state index is 10.3. The smallest absolute Gasteiger partial charge is 0.106 e. The van der Waals surface area contributed by atoms with Crippen LogP contribution in [0.1, 0.15) is 23.7 Å². The zero-order chi connectivity index (χ0) is 13.7. The van der Waals surface area contributed by atoms with Gasteiger partial charge in [-0.2, -0.15) is 0 Å². The van der Waals surface area contributed by atoms with Gasteiger partial charge in [-0.3, -0.25) is 0 Å². The van der Waals surface area contributed by atoms with Gasteiger partial charge in [0.05, 0.1) is 6.10 Å². The summed E-state index contributed by atoms with van der Waals surface area (Å²) in [5, 5.41) is 24.8. The molecule has 0 aromatic heterocycles. The van der Waals surface area contributed by atoms with E-state index in [2.05, 4.69) is 36.4 Å². The Morgan fingerprint density at radius 2 is 1.60 bits per heavy atom. The Bertz CT molecular complexity index is 807. The van der Waals surface area contributed by atoms with Crippen LogP contribution in [0.15, 0.2) is 48.5 Å². The lowest BCUT2D eigenvalue weighted by Gasteiger charge is -2.28. The van der Waals surface area contributed by atoms with Crippen LogP contribution >= 0.6 is 0 Å². The first kappa shape index (κ1) is 11.9. The lowest BCUT2D eigenvalue weighted by molar-refractivity contribution is 0.00747. The molecule has 20 heavy (non-hydrogen) atoms. The van der Waals surface area contributed by atoms with Crippen molar-refractivity contribution in [2.45, 2.75) is 25.0 Å². The highest BCUT2D eigenvalue weighted by molar-refractivity contribution is 6.00. The van der Waals surface area contributed by atoms with E-state index in [9.17, 15) is 10.2 Å². The van der Waals surface area contributed by atoms with Crippen molar-refractivity contribution in [1.82, 2.24) is 0 Å². The quantitative estimate of drug-likeness (QED) is 0.611. The Morgan fingerprint density at radius 1 is 0.850 bits per heavy atom. The SMILES string of the molecule is O[C@@H]1CCc2ccc3cc4ccccc4cc3c2[C@H]1O. The van der Waals surface area contributed by atoms with Crippen molar-refractivity contribution in [3.05, 3.63) is 59.7 Å². The maximum Gasteiger partial charge on any atom is 0.106 e. The molecule has 3 aromatic rings. The zero-order valence-electron chi connectivity index (χ0n) is 11.1. The molecule has 3 aromatic carbocycles. The Kier molecular flexibility index (Phi) is 2.56. The molecule has 0 amide bonds. The van der Waals surface area contributed by atoms with Gasteiger partial charge in [0, 0.05) is 0 Å². The average molecular weight is 264 g/mol. The van der Waals surface area contributed by atoms with Crippen molar-refractivity contribution in [3.8, 4) is 0 Å². The first-order valence-electron chi connectivity index (χ1n) is 7.04. The molecule has 0 radical (unpaired) electrons. The monoisotopic (exact) mass is 264 g/mol. The molecule has 1 aliphatic carbocycles. The summed E-state index contributed by atoms with van der Waals surface area (Å²) in [7, 11) is 0. The summed E-state index contributed by atoms with van der Waals surface area (Å²) in [5.74, 6) is 0. The number of hydrogen-bond donors (Lipinski definition) is 2. The van der Waals surface area contributed by atoms with Gasteiger partial charge >= 0.3 is 0 Å². The largest absolute Gasteiger partial charge is 0.390 e. The highest BCUT2D eigenvalue weighted by Gasteiger charge is 2.27. The van der Waals surface area contributed by atoms with Gasteiger partial charge in [-0.1, -0.05) is 36.4 Å². The van der Waals surface area contributed by atoms with Crippen molar-refractivity contribution in [3.63, 3.8) is 0 Å². The Morgan fingerprint density at radius 3 is 2.40 bits per heavy atom. The van der Waals surface area contributed by atoms with E-state index in [1.807, 2.05) is 12.1 Å². The first-order chi connectivity index (χ1) is 9.74.